The Morgan fingerprint density at radius 3 is 2.13 bits per heavy atom. The summed E-state index contributed by atoms with van der Waals surface area (Å²) < 4.78 is 0. The van der Waals surface area contributed by atoms with Gasteiger partial charge >= 0.3 is 0 Å². The van der Waals surface area contributed by atoms with Crippen molar-refractivity contribution in [1.82, 2.24) is 0 Å². The Morgan fingerprint density at radius 2 is 1.25 bits per heavy atom. The zero-order chi connectivity index (χ0) is 34.4. The zero-order valence-electron chi connectivity index (χ0n) is 32.0. The first-order valence-electron chi connectivity index (χ1n) is 23.0. The van der Waals surface area contributed by atoms with Crippen molar-refractivity contribution in [3.05, 3.63) is 102 Å². The molecule has 0 saturated heterocycles. The third kappa shape index (κ3) is 4.44. The van der Waals surface area contributed by atoms with Gasteiger partial charge < -0.3 is 4.90 Å². The standard InChI is InChI=1S/C52H61N/c1-2-10-34(11-3-1)53-49-19-7-6-14-37(49)38-23-22-31(28-50(38)53)30-20-21-32-25-48-46-29-44-33(26-45(46)42-18-9-16-40(52(42)48)43(32)24-30)27-47-36-13-5-4-12-35(36)39-15-8-17-41(44)51(39)47/h1-4,6-7,10-12,14,19,22-24,32-33,35-36,39-48,50-52H,5,8-9,13,15-18,20-21,25-29H2. The Hall–Kier alpha value is -2.80. The van der Waals surface area contributed by atoms with Crippen LogP contribution in [0.2, 0.25) is 0 Å². The fraction of sp³-hybridized carbons (Fsp3) is 0.615. The number of nitrogens with zero attached hydrogens (tertiary/aromatic N) is 1. The molecule has 0 bridgehead atoms. The molecule has 10 aliphatic carbocycles. The van der Waals surface area contributed by atoms with Gasteiger partial charge in [0.2, 0.25) is 0 Å². The lowest BCUT2D eigenvalue weighted by atomic mass is 9.50. The molecule has 17 atom stereocenters. The van der Waals surface area contributed by atoms with Gasteiger partial charge in [-0.2, -0.15) is 0 Å². The highest BCUT2D eigenvalue weighted by Crippen LogP contribution is 2.72. The van der Waals surface area contributed by atoms with E-state index >= 15 is 0 Å². The summed E-state index contributed by atoms with van der Waals surface area (Å²) in [5.41, 5.74) is 9.07. The first-order valence-corrected chi connectivity index (χ1v) is 23.0. The van der Waals surface area contributed by atoms with Crippen LogP contribution in [0.1, 0.15) is 102 Å². The zero-order valence-corrected chi connectivity index (χ0v) is 32.0. The van der Waals surface area contributed by atoms with Crippen molar-refractivity contribution in [2.75, 3.05) is 4.90 Å². The van der Waals surface area contributed by atoms with E-state index in [2.05, 4.69) is 89.9 Å². The van der Waals surface area contributed by atoms with Crippen molar-refractivity contribution in [2.24, 2.45) is 94.7 Å². The number of hydrogen-bond acceptors (Lipinski definition) is 1. The van der Waals surface area contributed by atoms with Gasteiger partial charge in [-0.25, -0.2) is 0 Å². The summed E-state index contributed by atoms with van der Waals surface area (Å²) in [6.45, 7) is 0. The number of fused-ring (bicyclic) bond motifs is 13. The van der Waals surface area contributed by atoms with Gasteiger partial charge in [-0.1, -0.05) is 79.6 Å². The lowest BCUT2D eigenvalue weighted by Crippen LogP contribution is -2.48. The molecule has 0 N–H and O–H groups in total. The molecule has 1 heterocycles. The van der Waals surface area contributed by atoms with Crippen LogP contribution < -0.4 is 4.90 Å². The molecule has 0 amide bonds. The minimum absolute atomic E-state index is 0.407. The first-order chi connectivity index (χ1) is 26.3. The molecule has 0 spiro atoms. The third-order valence-electron chi connectivity index (χ3n) is 19.4. The Balaban J connectivity index is 0.789. The molecule has 274 valence electrons. The van der Waals surface area contributed by atoms with Crippen molar-refractivity contribution in [3.8, 4) is 0 Å². The summed E-state index contributed by atoms with van der Waals surface area (Å²) in [7, 11) is 0. The molecule has 0 aromatic heterocycles. The van der Waals surface area contributed by atoms with Crippen molar-refractivity contribution in [3.63, 3.8) is 0 Å². The van der Waals surface area contributed by atoms with E-state index in [-0.39, 0.29) is 0 Å². The normalized spacial score (nSPS) is 48.0. The molecule has 11 aliphatic rings. The average Bonchev–Trinajstić information content (AvgIpc) is 3.84. The van der Waals surface area contributed by atoms with Crippen LogP contribution in [0.4, 0.5) is 11.4 Å². The molecule has 17 unspecified atom stereocenters. The Labute approximate surface area is 319 Å². The molecule has 53 heavy (non-hydrogen) atoms. The number of hydrogen-bond donors (Lipinski definition) is 0. The highest BCUT2D eigenvalue weighted by Gasteiger charge is 2.64. The summed E-state index contributed by atoms with van der Waals surface area (Å²) in [5.74, 6) is 16.6. The Kier molecular flexibility index (Phi) is 7.02. The van der Waals surface area contributed by atoms with Crippen molar-refractivity contribution >= 4 is 16.9 Å². The lowest BCUT2D eigenvalue weighted by Gasteiger charge is -2.55. The molecule has 0 radical (unpaired) electrons. The Morgan fingerprint density at radius 1 is 0.528 bits per heavy atom. The highest BCUT2D eigenvalue weighted by molar-refractivity contribution is 5.93. The molecule has 2 aromatic carbocycles. The largest absolute Gasteiger partial charge is 0.333 e. The SMILES string of the molecule is C1=CC2C(CC1)C1CC3CC4C(CC3C3CCCC2C31)C1CC2CCC(C3=CC=C5c6ccccc6N(c6ccccc6)C5C3)=CC2C2CCCC4C21. The van der Waals surface area contributed by atoms with Crippen LogP contribution in [0, 0.1) is 94.7 Å². The van der Waals surface area contributed by atoms with Crippen LogP contribution in [0.3, 0.4) is 0 Å². The van der Waals surface area contributed by atoms with Gasteiger partial charge in [0, 0.05) is 16.9 Å². The third-order valence-corrected chi connectivity index (χ3v) is 19.4. The van der Waals surface area contributed by atoms with Crippen LogP contribution in [-0.2, 0) is 0 Å². The van der Waals surface area contributed by atoms with Gasteiger partial charge in [0.25, 0.3) is 0 Å². The van der Waals surface area contributed by atoms with Crippen LogP contribution in [-0.4, -0.2) is 6.04 Å². The van der Waals surface area contributed by atoms with Gasteiger partial charge in [-0.3, -0.25) is 0 Å². The maximum absolute atomic E-state index is 2.94. The molecule has 13 rings (SSSR count). The van der Waals surface area contributed by atoms with E-state index in [9.17, 15) is 0 Å². The van der Waals surface area contributed by atoms with E-state index in [0.29, 0.717) is 6.04 Å². The lowest BCUT2D eigenvalue weighted by molar-refractivity contribution is -0.0587. The van der Waals surface area contributed by atoms with Crippen molar-refractivity contribution in [2.45, 2.75) is 102 Å². The number of benzene rings is 2. The molecule has 7 fully saturated rings. The minimum Gasteiger partial charge on any atom is -0.333 e. The monoisotopic (exact) mass is 699 g/mol. The number of para-hydroxylation sites is 2. The second-order valence-corrected chi connectivity index (χ2v) is 20.8. The molecule has 1 heteroatoms. The molecular weight excluding hydrogens is 639 g/mol. The molecule has 7 saturated carbocycles. The predicted octanol–water partition coefficient (Wildman–Crippen LogP) is 12.8. The van der Waals surface area contributed by atoms with Crippen molar-refractivity contribution in [1.29, 1.82) is 0 Å². The van der Waals surface area contributed by atoms with Gasteiger partial charge in [-0.05, 0) is 213 Å². The average molecular weight is 700 g/mol. The van der Waals surface area contributed by atoms with Gasteiger partial charge in [-0.15, -0.1) is 0 Å². The summed E-state index contributed by atoms with van der Waals surface area (Å²) in [6, 6.07) is 20.8. The topological polar surface area (TPSA) is 3.24 Å². The van der Waals surface area contributed by atoms with Gasteiger partial charge in [0.05, 0.1) is 6.04 Å². The van der Waals surface area contributed by atoms with Gasteiger partial charge in [0.15, 0.2) is 0 Å². The van der Waals surface area contributed by atoms with Crippen LogP contribution in [0.5, 0.6) is 0 Å². The molecule has 2 aromatic rings. The molecular formula is C52H61N. The minimum atomic E-state index is 0.407. The molecule has 1 aliphatic heterocycles. The van der Waals surface area contributed by atoms with Crippen molar-refractivity contribution < 1.29 is 0 Å². The summed E-state index contributed by atoms with van der Waals surface area (Å²) >= 11 is 0. The smallest absolute Gasteiger partial charge is 0.0638 e. The van der Waals surface area contributed by atoms with E-state index in [1.165, 1.54) is 61.0 Å². The van der Waals surface area contributed by atoms with Crippen LogP contribution >= 0.6 is 0 Å². The summed E-state index contributed by atoms with van der Waals surface area (Å²) in [5, 5.41) is 0. The second kappa shape index (κ2) is 11.9. The number of anilines is 2. The van der Waals surface area contributed by atoms with E-state index in [1.807, 2.05) is 0 Å². The first kappa shape index (κ1) is 31.4. The fourth-order valence-electron chi connectivity index (χ4n) is 18.1. The summed E-state index contributed by atoms with van der Waals surface area (Å²) in [6.07, 6.45) is 36.0. The Bertz CT molecular complexity index is 1910. The van der Waals surface area contributed by atoms with E-state index in [4.69, 9.17) is 0 Å². The van der Waals surface area contributed by atoms with E-state index < -0.39 is 0 Å². The molecule has 1 nitrogen and oxygen atoms in total. The maximum atomic E-state index is 2.94. The van der Waals surface area contributed by atoms with Crippen LogP contribution in [0.15, 0.2) is 96.1 Å². The maximum Gasteiger partial charge on any atom is 0.0638 e. The quantitative estimate of drug-likeness (QED) is 0.282. The number of rotatable bonds is 2. The summed E-state index contributed by atoms with van der Waals surface area (Å²) in [4.78, 5) is 2.65. The van der Waals surface area contributed by atoms with E-state index in [0.717, 1.165) is 101 Å². The predicted molar refractivity (Wildman–Crippen MR) is 217 cm³/mol. The van der Waals surface area contributed by atoms with E-state index in [1.54, 1.807) is 62.5 Å². The van der Waals surface area contributed by atoms with Crippen LogP contribution in [0.25, 0.3) is 5.57 Å². The number of allylic oxidation sites excluding steroid dienone is 6. The second-order valence-electron chi connectivity index (χ2n) is 20.8. The highest BCUT2D eigenvalue weighted by atomic mass is 15.2. The van der Waals surface area contributed by atoms with Gasteiger partial charge in [0.1, 0.15) is 0 Å². The fourth-order valence-corrected chi connectivity index (χ4v) is 18.1.